The summed E-state index contributed by atoms with van der Waals surface area (Å²) in [5, 5.41) is 5.27. The summed E-state index contributed by atoms with van der Waals surface area (Å²) in [6, 6.07) is 10.6. The molecule has 1 atom stereocenters. The van der Waals surface area contributed by atoms with E-state index in [1.165, 1.54) is 6.92 Å². The van der Waals surface area contributed by atoms with Crippen molar-refractivity contribution in [3.8, 4) is 11.5 Å². The normalized spacial score (nSPS) is 19.6. The number of nitrogens with zero attached hydrogens (tertiary/aromatic N) is 1. The van der Waals surface area contributed by atoms with Gasteiger partial charge in [-0.2, -0.15) is 0 Å². The lowest BCUT2D eigenvalue weighted by Gasteiger charge is -2.22. The molecule has 0 bridgehead atoms. The van der Waals surface area contributed by atoms with Crippen molar-refractivity contribution < 1.29 is 28.7 Å². The first-order chi connectivity index (χ1) is 14.3. The Bertz CT molecular complexity index is 1060. The maximum atomic E-state index is 13.0. The highest BCUT2D eigenvalue weighted by atomic mass is 16.7. The first-order valence-electron chi connectivity index (χ1n) is 9.23. The summed E-state index contributed by atoms with van der Waals surface area (Å²) in [5.74, 6) is -0.125. The van der Waals surface area contributed by atoms with Crippen LogP contribution in [0.2, 0.25) is 0 Å². The fraction of sp³-hybridized carbons (Fsp3) is 0.238. The molecule has 1 fully saturated rings. The van der Waals surface area contributed by atoms with Crippen LogP contribution >= 0.6 is 0 Å². The van der Waals surface area contributed by atoms with Gasteiger partial charge in [-0.15, -0.1) is 0 Å². The Kier molecular flexibility index (Phi) is 4.65. The van der Waals surface area contributed by atoms with Gasteiger partial charge in [0.15, 0.2) is 17.3 Å². The van der Waals surface area contributed by atoms with Crippen LogP contribution < -0.4 is 20.1 Å². The zero-order valence-electron chi connectivity index (χ0n) is 16.4. The molecule has 4 amide bonds. The number of carbonyl (C=O) groups excluding carboxylic acids is 4. The third-order valence-corrected chi connectivity index (χ3v) is 5.10. The Morgan fingerprint density at radius 3 is 2.50 bits per heavy atom. The van der Waals surface area contributed by atoms with Gasteiger partial charge in [0.25, 0.3) is 5.91 Å². The zero-order valence-corrected chi connectivity index (χ0v) is 16.4. The maximum absolute atomic E-state index is 13.0. The van der Waals surface area contributed by atoms with Gasteiger partial charge in [0.2, 0.25) is 12.7 Å². The molecule has 2 N–H and O–H groups in total. The molecule has 0 unspecified atom stereocenters. The predicted octanol–water partition coefficient (Wildman–Crippen LogP) is 2.02. The molecule has 0 radical (unpaired) electrons. The van der Waals surface area contributed by atoms with Gasteiger partial charge in [-0.1, -0.05) is 6.07 Å². The minimum atomic E-state index is -1.33. The van der Waals surface area contributed by atoms with E-state index in [0.717, 1.165) is 4.90 Å². The van der Waals surface area contributed by atoms with Gasteiger partial charge in [0.1, 0.15) is 12.1 Å². The number of imide groups is 1. The average molecular weight is 409 g/mol. The van der Waals surface area contributed by atoms with Crippen LogP contribution in [0.1, 0.15) is 29.8 Å². The molecule has 2 aliphatic heterocycles. The lowest BCUT2D eigenvalue weighted by atomic mass is 9.91. The maximum Gasteiger partial charge on any atom is 0.325 e. The molecule has 0 aliphatic carbocycles. The predicted molar refractivity (Wildman–Crippen MR) is 105 cm³/mol. The van der Waals surface area contributed by atoms with Crippen molar-refractivity contribution in [3.05, 3.63) is 53.6 Å². The Morgan fingerprint density at radius 2 is 1.80 bits per heavy atom. The van der Waals surface area contributed by atoms with Gasteiger partial charge >= 0.3 is 6.03 Å². The van der Waals surface area contributed by atoms with Crippen LogP contribution in [0.15, 0.2) is 42.5 Å². The molecule has 2 aromatic rings. The van der Waals surface area contributed by atoms with Crippen LogP contribution in [-0.2, 0) is 15.1 Å². The first-order valence-corrected chi connectivity index (χ1v) is 9.23. The lowest BCUT2D eigenvalue weighted by Crippen LogP contribution is -2.42. The fourth-order valence-corrected chi connectivity index (χ4v) is 3.38. The van der Waals surface area contributed by atoms with Crippen molar-refractivity contribution in [2.24, 2.45) is 0 Å². The number of ketones is 1. The molecule has 9 heteroatoms. The summed E-state index contributed by atoms with van der Waals surface area (Å²) in [4.78, 5) is 50.0. The van der Waals surface area contributed by atoms with Crippen LogP contribution in [0.4, 0.5) is 10.5 Å². The number of ether oxygens (including phenoxy) is 2. The van der Waals surface area contributed by atoms with Gasteiger partial charge in [-0.05, 0) is 55.8 Å². The SMILES string of the molecule is CC(=O)c1ccc(NC(=O)CN2C(=O)N[C@@](C)(c3ccc4c(c3)OCO4)C2=O)cc1. The van der Waals surface area contributed by atoms with E-state index < -0.39 is 29.9 Å². The van der Waals surface area contributed by atoms with Crippen LogP contribution in [0.3, 0.4) is 0 Å². The second-order valence-electron chi connectivity index (χ2n) is 7.20. The van der Waals surface area contributed by atoms with Gasteiger partial charge in [0.05, 0.1) is 0 Å². The fourth-order valence-electron chi connectivity index (χ4n) is 3.38. The number of hydrogen-bond acceptors (Lipinski definition) is 6. The molecule has 9 nitrogen and oxygen atoms in total. The molecule has 154 valence electrons. The molecule has 2 heterocycles. The zero-order chi connectivity index (χ0) is 21.5. The molecule has 0 saturated carbocycles. The molecular formula is C21H19N3O6. The number of Topliss-reactive ketones (excluding diaryl/α,β-unsaturated/α-hetero) is 1. The number of benzene rings is 2. The number of amides is 4. The van der Waals surface area contributed by atoms with Crippen LogP contribution in [-0.4, -0.2) is 41.9 Å². The average Bonchev–Trinajstić information content (AvgIpc) is 3.27. The summed E-state index contributed by atoms with van der Waals surface area (Å²) in [7, 11) is 0. The van der Waals surface area contributed by atoms with E-state index in [4.69, 9.17) is 9.47 Å². The van der Waals surface area contributed by atoms with E-state index >= 15 is 0 Å². The highest BCUT2D eigenvalue weighted by molar-refractivity contribution is 6.10. The number of nitrogens with one attached hydrogen (secondary N) is 2. The second kappa shape index (κ2) is 7.18. The van der Waals surface area contributed by atoms with E-state index in [1.54, 1.807) is 49.4 Å². The number of carbonyl (C=O) groups is 4. The molecule has 4 rings (SSSR count). The monoisotopic (exact) mass is 409 g/mol. The molecule has 2 aliphatic rings. The van der Waals surface area contributed by atoms with E-state index in [9.17, 15) is 19.2 Å². The molecule has 1 saturated heterocycles. The molecule has 30 heavy (non-hydrogen) atoms. The van der Waals surface area contributed by atoms with Crippen LogP contribution in [0.25, 0.3) is 0 Å². The summed E-state index contributed by atoms with van der Waals surface area (Å²) >= 11 is 0. The third-order valence-electron chi connectivity index (χ3n) is 5.10. The molecular weight excluding hydrogens is 390 g/mol. The van der Waals surface area contributed by atoms with Crippen molar-refractivity contribution in [1.82, 2.24) is 10.2 Å². The van der Waals surface area contributed by atoms with Crippen LogP contribution in [0, 0.1) is 0 Å². The molecule has 0 spiro atoms. The summed E-state index contributed by atoms with van der Waals surface area (Å²) in [6.45, 7) is 2.67. The lowest BCUT2D eigenvalue weighted by molar-refractivity contribution is -0.133. The van der Waals surface area contributed by atoms with E-state index in [0.29, 0.717) is 28.3 Å². The Hall–Kier alpha value is -3.88. The molecule has 0 aromatic heterocycles. The largest absolute Gasteiger partial charge is 0.454 e. The number of urea groups is 1. The van der Waals surface area contributed by atoms with Gasteiger partial charge in [-0.3, -0.25) is 19.3 Å². The van der Waals surface area contributed by atoms with Crippen molar-refractivity contribution in [2.45, 2.75) is 19.4 Å². The van der Waals surface area contributed by atoms with Crippen LogP contribution in [0.5, 0.6) is 11.5 Å². The number of rotatable bonds is 5. The van der Waals surface area contributed by atoms with Gasteiger partial charge in [-0.25, -0.2) is 4.79 Å². The van der Waals surface area contributed by atoms with Crippen molar-refractivity contribution >= 4 is 29.3 Å². The Balaban J connectivity index is 1.47. The highest BCUT2D eigenvalue weighted by Gasteiger charge is 2.49. The highest BCUT2D eigenvalue weighted by Crippen LogP contribution is 2.37. The van der Waals surface area contributed by atoms with Crippen molar-refractivity contribution in [2.75, 3.05) is 18.7 Å². The van der Waals surface area contributed by atoms with E-state index in [1.807, 2.05) is 0 Å². The number of fused-ring (bicyclic) bond motifs is 1. The van der Waals surface area contributed by atoms with Gasteiger partial charge in [0, 0.05) is 11.3 Å². The minimum absolute atomic E-state index is 0.0879. The number of anilines is 1. The Labute approximate surface area is 171 Å². The second-order valence-corrected chi connectivity index (χ2v) is 7.20. The van der Waals surface area contributed by atoms with Crippen molar-refractivity contribution in [1.29, 1.82) is 0 Å². The smallest absolute Gasteiger partial charge is 0.325 e. The van der Waals surface area contributed by atoms with E-state index in [2.05, 4.69) is 10.6 Å². The van der Waals surface area contributed by atoms with Crippen molar-refractivity contribution in [3.63, 3.8) is 0 Å². The van der Waals surface area contributed by atoms with E-state index in [-0.39, 0.29) is 12.6 Å². The molecule has 2 aromatic carbocycles. The number of hydrogen-bond donors (Lipinski definition) is 2. The summed E-state index contributed by atoms with van der Waals surface area (Å²) < 4.78 is 10.6. The topological polar surface area (TPSA) is 114 Å². The summed E-state index contributed by atoms with van der Waals surface area (Å²) in [6.07, 6.45) is 0. The minimum Gasteiger partial charge on any atom is -0.454 e. The first kappa shape index (κ1) is 19.4. The summed E-state index contributed by atoms with van der Waals surface area (Å²) in [5.41, 5.74) is 0.159. The third kappa shape index (κ3) is 3.34. The quantitative estimate of drug-likeness (QED) is 0.577. The van der Waals surface area contributed by atoms with Gasteiger partial charge < -0.3 is 20.1 Å². The standard InChI is InChI=1S/C21H19N3O6/c1-12(25)13-3-6-15(7-4-13)22-18(26)10-24-19(27)21(2,23-20(24)28)14-5-8-16-17(9-14)30-11-29-16/h3-9H,10-11H2,1-2H3,(H,22,26)(H,23,28)/t21-/m0/s1. The Morgan fingerprint density at radius 1 is 1.10 bits per heavy atom.